The van der Waals surface area contributed by atoms with E-state index in [9.17, 15) is 9.18 Å². The molecule has 4 heteroatoms. The second-order valence-electron chi connectivity index (χ2n) is 4.03. The maximum absolute atomic E-state index is 12.6. The minimum atomic E-state index is -0.889. The third-order valence-corrected chi connectivity index (χ3v) is 1.95. The van der Waals surface area contributed by atoms with Crippen LogP contribution in [0.25, 0.3) is 0 Å². The molecule has 0 unspecified atom stereocenters. The minimum absolute atomic E-state index is 0.230. The Labute approximate surface area is 88.5 Å². The molecule has 0 aliphatic rings. The van der Waals surface area contributed by atoms with Gasteiger partial charge in [0.1, 0.15) is 5.82 Å². The van der Waals surface area contributed by atoms with E-state index in [1.165, 1.54) is 12.1 Å². The van der Waals surface area contributed by atoms with E-state index in [1.54, 1.807) is 26.0 Å². The molecule has 0 aliphatic heterocycles. The summed E-state index contributed by atoms with van der Waals surface area (Å²) in [7, 11) is 0. The fourth-order valence-corrected chi connectivity index (χ4v) is 1.01. The van der Waals surface area contributed by atoms with Gasteiger partial charge in [-0.1, -0.05) is 12.1 Å². The van der Waals surface area contributed by atoms with Gasteiger partial charge in [-0.05, 0) is 31.5 Å². The molecule has 1 rings (SSSR count). The van der Waals surface area contributed by atoms with E-state index < -0.39 is 5.54 Å². The largest absolute Gasteiger partial charge is 0.350 e. The van der Waals surface area contributed by atoms with Gasteiger partial charge in [-0.25, -0.2) is 4.39 Å². The number of halogens is 1. The Hall–Kier alpha value is -1.42. The van der Waals surface area contributed by atoms with E-state index in [0.717, 1.165) is 5.56 Å². The Morgan fingerprint density at radius 2 is 1.93 bits per heavy atom. The van der Waals surface area contributed by atoms with Crippen molar-refractivity contribution < 1.29 is 9.18 Å². The van der Waals surface area contributed by atoms with Crippen LogP contribution in [0, 0.1) is 5.82 Å². The SMILES string of the molecule is CC(C)(N)C(=O)NCc1ccc(F)cc1. The molecule has 0 radical (unpaired) electrons. The van der Waals surface area contributed by atoms with Gasteiger partial charge < -0.3 is 11.1 Å². The summed E-state index contributed by atoms with van der Waals surface area (Å²) in [5.74, 6) is -0.518. The first-order chi connectivity index (χ1) is 6.89. The molecule has 0 aliphatic carbocycles. The molecular weight excluding hydrogens is 195 g/mol. The average molecular weight is 210 g/mol. The fraction of sp³-hybridized carbons (Fsp3) is 0.364. The molecule has 0 fully saturated rings. The normalized spacial score (nSPS) is 11.2. The first-order valence-electron chi connectivity index (χ1n) is 4.71. The smallest absolute Gasteiger partial charge is 0.239 e. The molecule has 3 N–H and O–H groups in total. The van der Waals surface area contributed by atoms with Gasteiger partial charge in [0.15, 0.2) is 0 Å². The number of benzene rings is 1. The second-order valence-corrected chi connectivity index (χ2v) is 4.03. The van der Waals surface area contributed by atoms with Gasteiger partial charge in [-0.3, -0.25) is 4.79 Å². The van der Waals surface area contributed by atoms with Crippen LogP contribution in [0.4, 0.5) is 4.39 Å². The summed E-state index contributed by atoms with van der Waals surface area (Å²) in [5.41, 5.74) is 5.55. The Morgan fingerprint density at radius 3 is 2.40 bits per heavy atom. The van der Waals surface area contributed by atoms with Gasteiger partial charge in [0.05, 0.1) is 5.54 Å². The minimum Gasteiger partial charge on any atom is -0.350 e. The standard InChI is InChI=1S/C11H15FN2O/c1-11(2,13)10(15)14-7-8-3-5-9(12)6-4-8/h3-6H,7,13H2,1-2H3,(H,14,15). The van der Waals surface area contributed by atoms with Gasteiger partial charge >= 0.3 is 0 Å². The lowest BCUT2D eigenvalue weighted by atomic mass is 10.1. The number of hydrogen-bond acceptors (Lipinski definition) is 2. The predicted octanol–water partition coefficient (Wildman–Crippen LogP) is 1.18. The van der Waals surface area contributed by atoms with Crippen molar-refractivity contribution in [1.29, 1.82) is 0 Å². The van der Waals surface area contributed by atoms with Crippen molar-refractivity contribution in [2.75, 3.05) is 0 Å². The van der Waals surface area contributed by atoms with Crippen LogP contribution in [0.3, 0.4) is 0 Å². The molecule has 0 saturated carbocycles. The van der Waals surface area contributed by atoms with Gasteiger partial charge in [-0.2, -0.15) is 0 Å². The third-order valence-electron chi connectivity index (χ3n) is 1.95. The van der Waals surface area contributed by atoms with Gasteiger partial charge in [0.2, 0.25) is 5.91 Å². The summed E-state index contributed by atoms with van der Waals surface area (Å²) >= 11 is 0. The maximum atomic E-state index is 12.6. The summed E-state index contributed by atoms with van der Waals surface area (Å²) < 4.78 is 12.6. The van der Waals surface area contributed by atoms with Crippen LogP contribution >= 0.6 is 0 Å². The summed E-state index contributed by atoms with van der Waals surface area (Å²) in [6, 6.07) is 5.96. The second kappa shape index (κ2) is 4.40. The molecule has 0 aromatic heterocycles. The van der Waals surface area contributed by atoms with Crippen LogP contribution in [-0.4, -0.2) is 11.4 Å². The lowest BCUT2D eigenvalue weighted by molar-refractivity contribution is -0.125. The molecule has 1 aromatic rings. The number of amides is 1. The van der Waals surface area contributed by atoms with Gasteiger partial charge in [0.25, 0.3) is 0 Å². The van der Waals surface area contributed by atoms with Crippen molar-refractivity contribution in [3.05, 3.63) is 35.6 Å². The number of carbonyl (C=O) groups excluding carboxylic acids is 1. The lowest BCUT2D eigenvalue weighted by Crippen LogP contribution is -2.48. The van der Waals surface area contributed by atoms with E-state index in [-0.39, 0.29) is 11.7 Å². The number of rotatable bonds is 3. The van der Waals surface area contributed by atoms with Crippen LogP contribution in [0.5, 0.6) is 0 Å². The van der Waals surface area contributed by atoms with Crippen molar-refractivity contribution in [3.8, 4) is 0 Å². The van der Waals surface area contributed by atoms with E-state index in [1.807, 2.05) is 0 Å². The van der Waals surface area contributed by atoms with Crippen LogP contribution in [0.15, 0.2) is 24.3 Å². The highest BCUT2D eigenvalue weighted by Gasteiger charge is 2.20. The van der Waals surface area contributed by atoms with Gasteiger partial charge in [0, 0.05) is 6.54 Å². The molecule has 15 heavy (non-hydrogen) atoms. The first kappa shape index (κ1) is 11.7. The fourth-order valence-electron chi connectivity index (χ4n) is 1.01. The summed E-state index contributed by atoms with van der Waals surface area (Å²) in [5, 5.41) is 2.67. The molecule has 3 nitrogen and oxygen atoms in total. The molecule has 0 bridgehead atoms. The monoisotopic (exact) mass is 210 g/mol. The van der Waals surface area contributed by atoms with Gasteiger partial charge in [-0.15, -0.1) is 0 Å². The Balaban J connectivity index is 2.51. The summed E-state index contributed by atoms with van der Waals surface area (Å²) in [6.07, 6.45) is 0. The molecule has 0 saturated heterocycles. The quantitative estimate of drug-likeness (QED) is 0.787. The molecule has 1 amide bonds. The number of hydrogen-bond donors (Lipinski definition) is 2. The Morgan fingerprint density at radius 1 is 1.40 bits per heavy atom. The summed E-state index contributed by atoms with van der Waals surface area (Å²) in [6.45, 7) is 3.62. The third kappa shape index (κ3) is 3.67. The van der Waals surface area contributed by atoms with Crippen LogP contribution in [0.2, 0.25) is 0 Å². The van der Waals surface area contributed by atoms with Crippen LogP contribution < -0.4 is 11.1 Å². The summed E-state index contributed by atoms with van der Waals surface area (Å²) in [4.78, 5) is 11.4. The molecule has 0 atom stereocenters. The van der Waals surface area contributed by atoms with Crippen LogP contribution in [0.1, 0.15) is 19.4 Å². The molecule has 82 valence electrons. The molecule has 0 spiro atoms. The predicted molar refractivity (Wildman–Crippen MR) is 56.5 cm³/mol. The topological polar surface area (TPSA) is 55.1 Å². The zero-order chi connectivity index (χ0) is 11.5. The molecule has 1 aromatic carbocycles. The van der Waals surface area contributed by atoms with E-state index in [4.69, 9.17) is 5.73 Å². The van der Waals surface area contributed by atoms with Crippen molar-refractivity contribution in [3.63, 3.8) is 0 Å². The maximum Gasteiger partial charge on any atom is 0.239 e. The first-order valence-corrected chi connectivity index (χ1v) is 4.71. The van der Waals surface area contributed by atoms with E-state index >= 15 is 0 Å². The zero-order valence-corrected chi connectivity index (χ0v) is 8.88. The number of nitrogens with two attached hydrogens (primary N) is 1. The zero-order valence-electron chi connectivity index (χ0n) is 8.88. The highest BCUT2D eigenvalue weighted by Crippen LogP contribution is 2.03. The Kier molecular flexibility index (Phi) is 3.42. The Bertz CT molecular complexity index is 341. The molecule has 0 heterocycles. The van der Waals surface area contributed by atoms with Crippen molar-refractivity contribution in [2.45, 2.75) is 25.9 Å². The lowest BCUT2D eigenvalue weighted by Gasteiger charge is -2.17. The van der Waals surface area contributed by atoms with E-state index in [0.29, 0.717) is 6.54 Å². The molecular formula is C11H15FN2O. The van der Waals surface area contributed by atoms with Crippen molar-refractivity contribution in [2.24, 2.45) is 5.73 Å². The number of carbonyl (C=O) groups is 1. The van der Waals surface area contributed by atoms with Crippen LogP contribution in [-0.2, 0) is 11.3 Å². The average Bonchev–Trinajstić information content (AvgIpc) is 2.15. The highest BCUT2D eigenvalue weighted by molar-refractivity contribution is 5.84. The van der Waals surface area contributed by atoms with Crippen molar-refractivity contribution >= 4 is 5.91 Å². The van der Waals surface area contributed by atoms with Crippen molar-refractivity contribution in [1.82, 2.24) is 5.32 Å². The van der Waals surface area contributed by atoms with E-state index in [2.05, 4.69) is 5.32 Å². The highest BCUT2D eigenvalue weighted by atomic mass is 19.1. The number of nitrogens with one attached hydrogen (secondary N) is 1.